The van der Waals surface area contributed by atoms with Crippen molar-refractivity contribution in [1.29, 1.82) is 0 Å². The first-order valence-corrected chi connectivity index (χ1v) is 13.9. The van der Waals surface area contributed by atoms with Crippen molar-refractivity contribution in [3.8, 4) is 0 Å². The number of Topliss-reactive ketones (excluding diaryl/α,β-unsaturated/α-hetero) is 1. The van der Waals surface area contributed by atoms with Crippen molar-refractivity contribution in [2.24, 2.45) is 29.1 Å². The second-order valence-electron chi connectivity index (χ2n) is 13.3. The van der Waals surface area contributed by atoms with Crippen LogP contribution in [0.4, 0.5) is 4.79 Å². The molecular formula is C28H45N3O7. The second kappa shape index (κ2) is 11.2. The molecule has 3 aliphatic rings. The van der Waals surface area contributed by atoms with Crippen LogP contribution in [0.25, 0.3) is 0 Å². The van der Waals surface area contributed by atoms with Gasteiger partial charge in [0.05, 0.1) is 6.04 Å². The average molecular weight is 536 g/mol. The van der Waals surface area contributed by atoms with E-state index in [0.29, 0.717) is 6.54 Å². The number of carboxylic acids is 1. The van der Waals surface area contributed by atoms with Gasteiger partial charge in [-0.05, 0) is 69.1 Å². The lowest BCUT2D eigenvalue weighted by Crippen LogP contribution is -2.59. The van der Waals surface area contributed by atoms with E-state index in [0.717, 1.165) is 32.1 Å². The number of ketones is 1. The molecule has 0 aromatic rings. The number of nitrogens with one attached hydrogen (secondary N) is 2. The van der Waals surface area contributed by atoms with Crippen LogP contribution in [0.5, 0.6) is 0 Å². The number of carbonyl (C=O) groups excluding carboxylic acids is 4. The average Bonchev–Trinajstić information content (AvgIpc) is 3.14. The molecule has 3 fully saturated rings. The molecule has 0 radical (unpaired) electrons. The predicted molar refractivity (Wildman–Crippen MR) is 140 cm³/mol. The highest BCUT2D eigenvalue weighted by molar-refractivity contribution is 6.35. The van der Waals surface area contributed by atoms with Crippen LogP contribution >= 0.6 is 0 Å². The summed E-state index contributed by atoms with van der Waals surface area (Å²) in [4.78, 5) is 65.8. The summed E-state index contributed by atoms with van der Waals surface area (Å²) in [6, 6.07) is -2.84. The van der Waals surface area contributed by atoms with Crippen molar-refractivity contribution in [3.63, 3.8) is 0 Å². The molecule has 0 aromatic carbocycles. The van der Waals surface area contributed by atoms with Gasteiger partial charge in [-0.15, -0.1) is 0 Å². The zero-order valence-corrected chi connectivity index (χ0v) is 23.8. The number of likely N-dealkylation sites (tertiary alicyclic amines) is 1. The van der Waals surface area contributed by atoms with Crippen molar-refractivity contribution in [3.05, 3.63) is 0 Å². The van der Waals surface area contributed by atoms with E-state index < -0.39 is 47.5 Å². The Balaban J connectivity index is 1.86. The number of piperidine rings is 1. The Labute approximate surface area is 225 Å². The number of carboxylic acid groups (broad SMARTS) is 1. The fourth-order valence-electron chi connectivity index (χ4n) is 6.38. The molecule has 2 saturated carbocycles. The molecule has 3 amide bonds. The summed E-state index contributed by atoms with van der Waals surface area (Å²) < 4.78 is 5.45. The number of alkyl carbamates (subject to hydrolysis) is 1. The Morgan fingerprint density at radius 1 is 1.03 bits per heavy atom. The van der Waals surface area contributed by atoms with Crippen molar-refractivity contribution < 1.29 is 33.8 Å². The molecule has 38 heavy (non-hydrogen) atoms. The summed E-state index contributed by atoms with van der Waals surface area (Å²) in [6.07, 6.45) is 4.08. The number of ether oxygens (including phenoxy) is 1. The quantitative estimate of drug-likeness (QED) is 0.385. The van der Waals surface area contributed by atoms with Crippen LogP contribution in [0.15, 0.2) is 0 Å². The topological polar surface area (TPSA) is 142 Å². The number of nitrogens with zero attached hydrogens (tertiary/aromatic N) is 1. The molecule has 3 N–H and O–H groups in total. The first-order chi connectivity index (χ1) is 17.5. The van der Waals surface area contributed by atoms with Crippen molar-refractivity contribution in [2.45, 2.75) is 111 Å². The number of aliphatic carboxylic acids is 1. The molecule has 5 atom stereocenters. The third-order valence-corrected chi connectivity index (χ3v) is 8.37. The molecule has 0 bridgehead atoms. The number of carbonyl (C=O) groups is 5. The molecular weight excluding hydrogens is 490 g/mol. The van der Waals surface area contributed by atoms with Gasteiger partial charge in [0, 0.05) is 6.54 Å². The highest BCUT2D eigenvalue weighted by Gasteiger charge is 2.69. The van der Waals surface area contributed by atoms with E-state index >= 15 is 0 Å². The van der Waals surface area contributed by atoms with Crippen LogP contribution in [-0.4, -0.2) is 69.9 Å². The van der Waals surface area contributed by atoms with Gasteiger partial charge in [0.15, 0.2) is 0 Å². The maximum absolute atomic E-state index is 14.1. The SMILES string of the molecule is CC(C)CC(NC(=O)C1C2C(CN1C(=O)C(NC(=O)OC(C)(C)C)C1CCCCC1)C2(C)C)C(=O)C(=O)O. The van der Waals surface area contributed by atoms with Crippen LogP contribution < -0.4 is 10.6 Å². The monoisotopic (exact) mass is 535 g/mol. The number of hydrogen-bond donors (Lipinski definition) is 3. The molecule has 1 aliphatic heterocycles. The van der Waals surface area contributed by atoms with Crippen molar-refractivity contribution >= 4 is 29.7 Å². The third-order valence-electron chi connectivity index (χ3n) is 8.37. The lowest BCUT2D eigenvalue weighted by atomic mass is 9.83. The van der Waals surface area contributed by atoms with Gasteiger partial charge in [-0.25, -0.2) is 9.59 Å². The number of hydrogen-bond acceptors (Lipinski definition) is 6. The Kier molecular flexibility index (Phi) is 8.83. The zero-order valence-electron chi connectivity index (χ0n) is 23.8. The first kappa shape index (κ1) is 29.9. The van der Waals surface area contributed by atoms with Crippen LogP contribution in [0.1, 0.15) is 87.0 Å². The molecule has 1 heterocycles. The minimum Gasteiger partial charge on any atom is -0.475 e. The van der Waals surface area contributed by atoms with E-state index in [9.17, 15) is 29.1 Å². The molecule has 0 spiro atoms. The summed E-state index contributed by atoms with van der Waals surface area (Å²) in [5.41, 5.74) is -0.893. The lowest BCUT2D eigenvalue weighted by Gasteiger charge is -2.37. The molecule has 10 nitrogen and oxygen atoms in total. The molecule has 10 heteroatoms. The van der Waals surface area contributed by atoms with Gasteiger partial charge in [-0.2, -0.15) is 0 Å². The molecule has 5 unspecified atom stereocenters. The van der Waals surface area contributed by atoms with E-state index in [-0.39, 0.29) is 41.4 Å². The Morgan fingerprint density at radius 3 is 2.16 bits per heavy atom. The molecule has 0 aromatic heterocycles. The first-order valence-electron chi connectivity index (χ1n) is 13.9. The van der Waals surface area contributed by atoms with Crippen LogP contribution in [0.3, 0.4) is 0 Å². The molecule has 1 saturated heterocycles. The Bertz CT molecular complexity index is 949. The van der Waals surface area contributed by atoms with E-state index in [2.05, 4.69) is 24.5 Å². The van der Waals surface area contributed by atoms with Gasteiger partial charge in [-0.3, -0.25) is 14.4 Å². The van der Waals surface area contributed by atoms with E-state index in [1.807, 2.05) is 13.8 Å². The maximum Gasteiger partial charge on any atom is 0.408 e. The summed E-state index contributed by atoms with van der Waals surface area (Å²) in [5.74, 6) is -3.61. The summed E-state index contributed by atoms with van der Waals surface area (Å²) in [7, 11) is 0. The number of fused-ring (bicyclic) bond motifs is 1. The van der Waals surface area contributed by atoms with Gasteiger partial charge >= 0.3 is 12.1 Å². The third kappa shape index (κ3) is 6.67. The minimum atomic E-state index is -1.60. The largest absolute Gasteiger partial charge is 0.475 e. The second-order valence-corrected chi connectivity index (χ2v) is 13.3. The summed E-state index contributed by atoms with van der Waals surface area (Å²) >= 11 is 0. The summed E-state index contributed by atoms with van der Waals surface area (Å²) in [6.45, 7) is 13.4. The van der Waals surface area contributed by atoms with Gasteiger partial charge in [-0.1, -0.05) is 47.0 Å². The Morgan fingerprint density at radius 2 is 1.63 bits per heavy atom. The van der Waals surface area contributed by atoms with Gasteiger partial charge in [0.2, 0.25) is 11.8 Å². The van der Waals surface area contributed by atoms with Crippen LogP contribution in [0, 0.1) is 29.1 Å². The Hall–Kier alpha value is -2.65. The van der Waals surface area contributed by atoms with Gasteiger partial charge in [0.1, 0.15) is 17.7 Å². The zero-order chi connectivity index (χ0) is 28.6. The van der Waals surface area contributed by atoms with Gasteiger partial charge < -0.3 is 25.4 Å². The molecule has 2 aliphatic carbocycles. The minimum absolute atomic E-state index is 0.0243. The lowest BCUT2D eigenvalue weighted by molar-refractivity contribution is -0.151. The normalized spacial score (nSPS) is 26.2. The molecule has 3 rings (SSSR count). The van der Waals surface area contributed by atoms with Crippen LogP contribution in [-0.2, 0) is 23.9 Å². The van der Waals surface area contributed by atoms with Gasteiger partial charge in [0.25, 0.3) is 5.78 Å². The van der Waals surface area contributed by atoms with Crippen molar-refractivity contribution in [2.75, 3.05) is 6.54 Å². The van der Waals surface area contributed by atoms with Crippen molar-refractivity contribution in [1.82, 2.24) is 15.5 Å². The van der Waals surface area contributed by atoms with E-state index in [4.69, 9.17) is 4.74 Å². The highest BCUT2D eigenvalue weighted by atomic mass is 16.6. The molecule has 214 valence electrons. The number of amides is 3. The smallest absolute Gasteiger partial charge is 0.408 e. The predicted octanol–water partition coefficient (Wildman–Crippen LogP) is 3.13. The fraction of sp³-hybridized carbons (Fsp3) is 0.821. The fourth-order valence-corrected chi connectivity index (χ4v) is 6.38. The highest BCUT2D eigenvalue weighted by Crippen LogP contribution is 2.65. The number of rotatable bonds is 9. The standard InChI is InChI=1S/C28H45N3O7/c1-15(2)13-18(22(32)25(35)36)29-23(33)21-19-17(28(19,6)7)14-31(21)24(34)20(16-11-9-8-10-12-16)30-26(37)38-27(3,4)5/h15-21H,8-14H2,1-7H3,(H,29,33)(H,30,37)(H,35,36). The maximum atomic E-state index is 14.1. The summed E-state index contributed by atoms with van der Waals surface area (Å²) in [5, 5.41) is 14.8. The van der Waals surface area contributed by atoms with E-state index in [1.54, 1.807) is 25.7 Å². The van der Waals surface area contributed by atoms with E-state index in [1.165, 1.54) is 0 Å². The van der Waals surface area contributed by atoms with Crippen LogP contribution in [0.2, 0.25) is 0 Å².